The van der Waals surface area contributed by atoms with Crippen LogP contribution in [0.3, 0.4) is 0 Å². The lowest BCUT2D eigenvalue weighted by atomic mass is 10.0. The molecule has 1 aromatic heterocycles. The summed E-state index contributed by atoms with van der Waals surface area (Å²) in [5, 5.41) is 17.4. The first kappa shape index (κ1) is 30.1. The number of aromatic nitrogens is 1. The number of amides is 4. The summed E-state index contributed by atoms with van der Waals surface area (Å²) in [6.45, 7) is 8.74. The molecule has 2 rings (SSSR count). The first-order valence-electron chi connectivity index (χ1n) is 12.3. The van der Waals surface area contributed by atoms with Gasteiger partial charge in [0, 0.05) is 23.5 Å². The fourth-order valence-corrected chi connectivity index (χ4v) is 3.82. The minimum Gasteiger partial charge on any atom is -0.481 e. The molecule has 2 aromatic rings. The molecule has 0 saturated heterocycles. The lowest BCUT2D eigenvalue weighted by Crippen LogP contribution is -2.57. The van der Waals surface area contributed by atoms with Gasteiger partial charge in [-0.2, -0.15) is 0 Å². The number of nitrogens with two attached hydrogens (primary N) is 1. The lowest BCUT2D eigenvalue weighted by molar-refractivity contribution is -0.140. The van der Waals surface area contributed by atoms with Gasteiger partial charge < -0.3 is 36.5 Å². The summed E-state index contributed by atoms with van der Waals surface area (Å²) in [6.07, 6.45) is 0.504. The molecule has 0 aliphatic heterocycles. The second kappa shape index (κ2) is 12.9. The number of hydrogen-bond acceptors (Lipinski definition) is 6. The Balaban J connectivity index is 2.29. The van der Waals surface area contributed by atoms with Gasteiger partial charge in [0.25, 0.3) is 0 Å². The number of hydrogen-bond donors (Lipinski definition) is 6. The van der Waals surface area contributed by atoms with Gasteiger partial charge in [-0.1, -0.05) is 32.0 Å². The largest absolute Gasteiger partial charge is 0.481 e. The third-order valence-corrected chi connectivity index (χ3v) is 5.49. The van der Waals surface area contributed by atoms with Crippen molar-refractivity contribution >= 4 is 40.7 Å². The van der Waals surface area contributed by atoms with E-state index in [0.29, 0.717) is 0 Å². The number of alkyl carbamates (subject to hydrolysis) is 1. The molecular formula is C26H37N5O7. The minimum atomic E-state index is -1.45. The van der Waals surface area contributed by atoms with Gasteiger partial charge in [0.1, 0.15) is 23.7 Å². The normalized spacial score (nSPS) is 13.8. The Labute approximate surface area is 221 Å². The van der Waals surface area contributed by atoms with Crippen LogP contribution in [0.2, 0.25) is 0 Å². The van der Waals surface area contributed by atoms with Crippen molar-refractivity contribution in [2.75, 3.05) is 0 Å². The van der Waals surface area contributed by atoms with Crippen molar-refractivity contribution in [1.82, 2.24) is 20.9 Å². The predicted octanol–water partition coefficient (Wildman–Crippen LogP) is 1.58. The van der Waals surface area contributed by atoms with Crippen LogP contribution in [0.15, 0.2) is 30.5 Å². The van der Waals surface area contributed by atoms with Crippen molar-refractivity contribution in [3.63, 3.8) is 0 Å². The highest BCUT2D eigenvalue weighted by Gasteiger charge is 2.31. The zero-order valence-electron chi connectivity index (χ0n) is 22.3. The Hall–Kier alpha value is -4.09. The molecule has 0 unspecified atom stereocenters. The summed E-state index contributed by atoms with van der Waals surface area (Å²) >= 11 is 0. The third kappa shape index (κ3) is 9.41. The summed E-state index contributed by atoms with van der Waals surface area (Å²) in [6, 6.07) is 3.79. The topological polar surface area (TPSA) is 193 Å². The number of rotatable bonds is 12. The number of ether oxygens (including phenoxy) is 1. The van der Waals surface area contributed by atoms with Crippen LogP contribution in [0.1, 0.15) is 53.0 Å². The van der Waals surface area contributed by atoms with E-state index in [9.17, 15) is 24.0 Å². The molecule has 0 saturated carbocycles. The second-order valence-electron chi connectivity index (χ2n) is 10.5. The van der Waals surface area contributed by atoms with Gasteiger partial charge in [0.05, 0.1) is 6.42 Å². The highest BCUT2D eigenvalue weighted by atomic mass is 16.6. The Morgan fingerprint density at radius 2 is 1.58 bits per heavy atom. The molecule has 0 aliphatic rings. The van der Waals surface area contributed by atoms with Crippen LogP contribution in [0.4, 0.5) is 4.79 Å². The van der Waals surface area contributed by atoms with Crippen molar-refractivity contribution in [1.29, 1.82) is 0 Å². The highest BCUT2D eigenvalue weighted by Crippen LogP contribution is 2.20. The van der Waals surface area contributed by atoms with Crippen LogP contribution in [0, 0.1) is 5.92 Å². The molecule has 3 atom stereocenters. The molecule has 38 heavy (non-hydrogen) atoms. The standard InChI is InChI=1S/C26H37N5O7/c1-14(2)10-19(23(35)29-18(22(27)34)12-21(32)33)30-24(36)20(31-25(37)38-26(3,4)5)11-15-13-28-17-9-7-6-8-16(15)17/h6-9,13-14,18-20,28H,10-12H2,1-5H3,(H2,27,34)(H,29,35)(H,30,36)(H,31,37)(H,32,33)/t18-,19+,20+/m1/s1. The molecule has 0 aliphatic carbocycles. The average Bonchev–Trinajstić information content (AvgIpc) is 3.18. The number of benzene rings is 1. The molecule has 0 bridgehead atoms. The molecule has 12 heteroatoms. The molecular weight excluding hydrogens is 494 g/mol. The van der Waals surface area contributed by atoms with Crippen LogP contribution in [0.5, 0.6) is 0 Å². The number of carbonyl (C=O) groups excluding carboxylic acids is 4. The highest BCUT2D eigenvalue weighted by molar-refractivity contribution is 5.95. The van der Waals surface area contributed by atoms with E-state index in [1.54, 1.807) is 27.0 Å². The molecule has 12 nitrogen and oxygen atoms in total. The van der Waals surface area contributed by atoms with Gasteiger partial charge in [0.2, 0.25) is 17.7 Å². The number of fused-ring (bicyclic) bond motifs is 1. The number of para-hydroxylation sites is 1. The van der Waals surface area contributed by atoms with Gasteiger partial charge in [-0.3, -0.25) is 19.2 Å². The summed E-state index contributed by atoms with van der Waals surface area (Å²) < 4.78 is 5.33. The van der Waals surface area contributed by atoms with Gasteiger partial charge >= 0.3 is 12.1 Å². The number of primary amides is 1. The summed E-state index contributed by atoms with van der Waals surface area (Å²) in [5.41, 5.74) is 6.05. The Kier molecular flexibility index (Phi) is 10.3. The fraction of sp³-hybridized carbons (Fsp3) is 0.500. The van der Waals surface area contributed by atoms with Gasteiger partial charge in [-0.25, -0.2) is 4.79 Å². The van der Waals surface area contributed by atoms with E-state index in [1.165, 1.54) is 0 Å². The summed E-state index contributed by atoms with van der Waals surface area (Å²) in [5.74, 6) is -3.81. The summed E-state index contributed by atoms with van der Waals surface area (Å²) in [7, 11) is 0. The van der Waals surface area contributed by atoms with Crippen molar-refractivity contribution in [3.05, 3.63) is 36.0 Å². The fourth-order valence-electron chi connectivity index (χ4n) is 3.82. The van der Waals surface area contributed by atoms with E-state index >= 15 is 0 Å². The van der Waals surface area contributed by atoms with E-state index in [-0.39, 0.29) is 18.8 Å². The number of nitrogens with one attached hydrogen (secondary N) is 4. The van der Waals surface area contributed by atoms with Crippen molar-refractivity contribution < 1.29 is 33.8 Å². The van der Waals surface area contributed by atoms with Gasteiger partial charge in [0.15, 0.2) is 0 Å². The van der Waals surface area contributed by atoms with Crippen LogP contribution in [-0.4, -0.2) is 63.6 Å². The molecule has 1 aromatic carbocycles. The molecule has 4 amide bonds. The van der Waals surface area contributed by atoms with Crippen molar-refractivity contribution in [2.45, 2.75) is 77.6 Å². The van der Waals surface area contributed by atoms with Gasteiger partial charge in [-0.05, 0) is 44.7 Å². The van der Waals surface area contributed by atoms with Crippen molar-refractivity contribution in [2.24, 2.45) is 11.7 Å². The SMILES string of the molecule is CC(C)C[C@H](NC(=O)[C@H](Cc1c[nH]c2ccccc12)NC(=O)OC(C)(C)C)C(=O)N[C@H](CC(=O)O)C(N)=O. The molecule has 1 heterocycles. The number of carboxylic acid groups (broad SMARTS) is 1. The van der Waals surface area contributed by atoms with E-state index < -0.39 is 59.9 Å². The Morgan fingerprint density at radius 1 is 0.974 bits per heavy atom. The monoisotopic (exact) mass is 531 g/mol. The predicted molar refractivity (Wildman–Crippen MR) is 140 cm³/mol. The zero-order valence-corrected chi connectivity index (χ0v) is 22.3. The maximum absolute atomic E-state index is 13.4. The van der Waals surface area contributed by atoms with Gasteiger partial charge in [-0.15, -0.1) is 0 Å². The first-order valence-corrected chi connectivity index (χ1v) is 12.3. The number of aliphatic carboxylic acids is 1. The molecule has 0 radical (unpaired) electrons. The quantitative estimate of drug-likeness (QED) is 0.239. The second-order valence-corrected chi connectivity index (χ2v) is 10.5. The Bertz CT molecular complexity index is 1170. The van der Waals surface area contributed by atoms with Crippen LogP contribution in [-0.2, 0) is 30.3 Å². The van der Waals surface area contributed by atoms with E-state index in [1.807, 2.05) is 38.1 Å². The maximum Gasteiger partial charge on any atom is 0.408 e. The first-order chi connectivity index (χ1) is 17.7. The zero-order chi connectivity index (χ0) is 28.6. The molecule has 7 N–H and O–H groups in total. The number of H-pyrrole nitrogens is 1. The molecule has 0 spiro atoms. The maximum atomic E-state index is 13.4. The molecule has 0 fully saturated rings. The van der Waals surface area contributed by atoms with E-state index in [0.717, 1.165) is 16.5 Å². The average molecular weight is 532 g/mol. The van der Waals surface area contributed by atoms with E-state index in [4.69, 9.17) is 15.6 Å². The number of carboxylic acids is 1. The third-order valence-electron chi connectivity index (χ3n) is 5.49. The number of aromatic amines is 1. The lowest BCUT2D eigenvalue weighted by Gasteiger charge is -2.26. The smallest absolute Gasteiger partial charge is 0.408 e. The molecule has 208 valence electrons. The van der Waals surface area contributed by atoms with Crippen LogP contribution >= 0.6 is 0 Å². The van der Waals surface area contributed by atoms with Crippen LogP contribution < -0.4 is 21.7 Å². The Morgan fingerprint density at radius 3 is 2.16 bits per heavy atom. The van der Waals surface area contributed by atoms with E-state index in [2.05, 4.69) is 20.9 Å². The van der Waals surface area contributed by atoms with Crippen LogP contribution in [0.25, 0.3) is 10.9 Å². The summed E-state index contributed by atoms with van der Waals surface area (Å²) in [4.78, 5) is 64.9. The number of carbonyl (C=O) groups is 5. The van der Waals surface area contributed by atoms with Crippen molar-refractivity contribution in [3.8, 4) is 0 Å². The minimum absolute atomic E-state index is 0.0524.